The highest BCUT2D eigenvalue weighted by atomic mass is 16.2. The summed E-state index contributed by atoms with van der Waals surface area (Å²) in [4.78, 5) is 12.2. The van der Waals surface area contributed by atoms with Crippen LogP contribution in [-0.4, -0.2) is 18.0 Å². The Hall–Kier alpha value is -0.570. The molecule has 4 unspecified atom stereocenters. The molecule has 0 aromatic carbocycles. The first-order chi connectivity index (χ1) is 7.73. The lowest BCUT2D eigenvalue weighted by Crippen LogP contribution is -2.51. The third-order valence-electron chi connectivity index (χ3n) is 4.29. The van der Waals surface area contributed by atoms with Crippen molar-refractivity contribution in [1.29, 1.82) is 0 Å². The SMILES string of the molecule is CC1CCCC(C(=O)NC(C)C(C)(C)C)C1N. The average Bonchev–Trinajstić information content (AvgIpc) is 2.20. The molecule has 0 bridgehead atoms. The van der Waals surface area contributed by atoms with Crippen LogP contribution in [-0.2, 0) is 4.79 Å². The van der Waals surface area contributed by atoms with E-state index in [1.807, 2.05) is 0 Å². The summed E-state index contributed by atoms with van der Waals surface area (Å²) in [6.07, 6.45) is 3.21. The van der Waals surface area contributed by atoms with Crippen LogP contribution >= 0.6 is 0 Å². The van der Waals surface area contributed by atoms with E-state index in [1.165, 1.54) is 0 Å². The van der Waals surface area contributed by atoms with Gasteiger partial charge in [-0.15, -0.1) is 0 Å². The van der Waals surface area contributed by atoms with E-state index < -0.39 is 0 Å². The molecule has 4 atom stereocenters. The van der Waals surface area contributed by atoms with Gasteiger partial charge in [-0.1, -0.05) is 34.1 Å². The molecule has 0 spiro atoms. The number of carbonyl (C=O) groups excluding carboxylic acids is 1. The van der Waals surface area contributed by atoms with Crippen LogP contribution in [0.25, 0.3) is 0 Å². The molecule has 1 fully saturated rings. The molecule has 3 nitrogen and oxygen atoms in total. The Morgan fingerprint density at radius 2 is 1.94 bits per heavy atom. The fourth-order valence-corrected chi connectivity index (χ4v) is 2.28. The second kappa shape index (κ2) is 5.38. The van der Waals surface area contributed by atoms with Crippen LogP contribution in [0.5, 0.6) is 0 Å². The summed E-state index contributed by atoms with van der Waals surface area (Å²) in [6.45, 7) is 10.6. The van der Waals surface area contributed by atoms with Gasteiger partial charge < -0.3 is 11.1 Å². The molecule has 0 aromatic rings. The van der Waals surface area contributed by atoms with Crippen molar-refractivity contribution in [1.82, 2.24) is 5.32 Å². The Labute approximate surface area is 106 Å². The van der Waals surface area contributed by atoms with Gasteiger partial charge in [0.05, 0.1) is 5.92 Å². The molecule has 1 saturated carbocycles. The summed E-state index contributed by atoms with van der Waals surface area (Å²) in [5.41, 5.74) is 6.24. The number of nitrogens with one attached hydrogen (secondary N) is 1. The van der Waals surface area contributed by atoms with Gasteiger partial charge in [-0.05, 0) is 31.1 Å². The fraction of sp³-hybridized carbons (Fsp3) is 0.929. The summed E-state index contributed by atoms with van der Waals surface area (Å²) in [5.74, 6) is 0.611. The summed E-state index contributed by atoms with van der Waals surface area (Å²) < 4.78 is 0. The lowest BCUT2D eigenvalue weighted by atomic mass is 9.77. The Morgan fingerprint density at radius 1 is 1.35 bits per heavy atom. The van der Waals surface area contributed by atoms with Gasteiger partial charge in [0.15, 0.2) is 0 Å². The predicted molar refractivity (Wildman–Crippen MR) is 71.5 cm³/mol. The van der Waals surface area contributed by atoms with Crippen LogP contribution in [0.1, 0.15) is 53.9 Å². The van der Waals surface area contributed by atoms with Crippen molar-refractivity contribution in [3.8, 4) is 0 Å². The maximum Gasteiger partial charge on any atom is 0.224 e. The number of carbonyl (C=O) groups is 1. The molecule has 1 rings (SSSR count). The minimum Gasteiger partial charge on any atom is -0.353 e. The molecule has 1 amide bonds. The monoisotopic (exact) mass is 240 g/mol. The second-order valence-corrected chi connectivity index (χ2v) is 6.69. The van der Waals surface area contributed by atoms with E-state index in [-0.39, 0.29) is 29.3 Å². The largest absolute Gasteiger partial charge is 0.353 e. The van der Waals surface area contributed by atoms with Crippen LogP contribution in [0.3, 0.4) is 0 Å². The quantitative estimate of drug-likeness (QED) is 0.778. The first-order valence-electron chi connectivity index (χ1n) is 6.79. The van der Waals surface area contributed by atoms with Gasteiger partial charge in [-0.2, -0.15) is 0 Å². The molecule has 3 heteroatoms. The van der Waals surface area contributed by atoms with Crippen molar-refractivity contribution >= 4 is 5.91 Å². The van der Waals surface area contributed by atoms with Crippen molar-refractivity contribution < 1.29 is 4.79 Å². The van der Waals surface area contributed by atoms with Crippen LogP contribution < -0.4 is 11.1 Å². The third-order valence-corrected chi connectivity index (χ3v) is 4.29. The normalized spacial score (nSPS) is 32.0. The minimum atomic E-state index is 0.00329. The summed E-state index contributed by atoms with van der Waals surface area (Å²) >= 11 is 0. The maximum atomic E-state index is 12.2. The smallest absolute Gasteiger partial charge is 0.224 e. The summed E-state index contributed by atoms with van der Waals surface area (Å²) in [5, 5.41) is 3.12. The molecule has 17 heavy (non-hydrogen) atoms. The zero-order valence-electron chi connectivity index (χ0n) is 11.9. The standard InChI is InChI=1S/C14H28N2O/c1-9-7-6-8-11(12(9)15)13(17)16-10(2)14(3,4)5/h9-12H,6-8,15H2,1-5H3,(H,16,17). The van der Waals surface area contributed by atoms with E-state index in [9.17, 15) is 4.79 Å². The summed E-state index contributed by atoms with van der Waals surface area (Å²) in [6, 6.07) is 0.204. The number of nitrogens with two attached hydrogens (primary N) is 1. The van der Waals surface area contributed by atoms with Crippen LogP contribution in [0.4, 0.5) is 0 Å². The van der Waals surface area contributed by atoms with Gasteiger partial charge >= 0.3 is 0 Å². The molecular weight excluding hydrogens is 212 g/mol. The summed E-state index contributed by atoms with van der Waals surface area (Å²) in [7, 11) is 0. The second-order valence-electron chi connectivity index (χ2n) is 6.69. The zero-order chi connectivity index (χ0) is 13.2. The van der Waals surface area contributed by atoms with Gasteiger partial charge in [-0.3, -0.25) is 4.79 Å². The molecule has 0 aromatic heterocycles. The van der Waals surface area contributed by atoms with E-state index in [1.54, 1.807) is 0 Å². The molecule has 0 radical (unpaired) electrons. The number of amides is 1. The molecule has 0 saturated heterocycles. The molecular formula is C14H28N2O. The number of rotatable bonds is 2. The highest BCUT2D eigenvalue weighted by Crippen LogP contribution is 2.28. The molecule has 100 valence electrons. The van der Waals surface area contributed by atoms with Crippen LogP contribution in [0.2, 0.25) is 0 Å². The Balaban J connectivity index is 2.58. The zero-order valence-corrected chi connectivity index (χ0v) is 11.9. The van der Waals surface area contributed by atoms with Gasteiger partial charge in [0.2, 0.25) is 5.91 Å². The number of hydrogen-bond acceptors (Lipinski definition) is 2. The van der Waals surface area contributed by atoms with Gasteiger partial charge in [-0.25, -0.2) is 0 Å². The van der Waals surface area contributed by atoms with Crippen molar-refractivity contribution in [2.24, 2.45) is 23.0 Å². The molecule has 1 aliphatic carbocycles. The van der Waals surface area contributed by atoms with E-state index >= 15 is 0 Å². The molecule has 1 aliphatic rings. The fourth-order valence-electron chi connectivity index (χ4n) is 2.28. The van der Waals surface area contributed by atoms with Gasteiger partial charge in [0, 0.05) is 12.1 Å². The van der Waals surface area contributed by atoms with E-state index in [0.29, 0.717) is 5.92 Å². The lowest BCUT2D eigenvalue weighted by Gasteiger charge is -2.35. The van der Waals surface area contributed by atoms with Crippen molar-refractivity contribution in [3.63, 3.8) is 0 Å². The van der Waals surface area contributed by atoms with Crippen LogP contribution in [0.15, 0.2) is 0 Å². The highest BCUT2D eigenvalue weighted by molar-refractivity contribution is 5.79. The van der Waals surface area contributed by atoms with Crippen molar-refractivity contribution in [2.75, 3.05) is 0 Å². The number of hydrogen-bond donors (Lipinski definition) is 2. The van der Waals surface area contributed by atoms with Gasteiger partial charge in [0.1, 0.15) is 0 Å². The van der Waals surface area contributed by atoms with E-state index in [0.717, 1.165) is 19.3 Å². The third kappa shape index (κ3) is 3.70. The minimum absolute atomic E-state index is 0.00329. The molecule has 3 N–H and O–H groups in total. The highest BCUT2D eigenvalue weighted by Gasteiger charge is 2.34. The van der Waals surface area contributed by atoms with E-state index in [4.69, 9.17) is 5.73 Å². The molecule has 0 heterocycles. The van der Waals surface area contributed by atoms with E-state index in [2.05, 4.69) is 39.9 Å². The van der Waals surface area contributed by atoms with Gasteiger partial charge in [0.25, 0.3) is 0 Å². The Kier molecular flexibility index (Phi) is 4.59. The van der Waals surface area contributed by atoms with Crippen LogP contribution in [0, 0.1) is 17.3 Å². The molecule has 0 aliphatic heterocycles. The van der Waals surface area contributed by atoms with Crippen molar-refractivity contribution in [2.45, 2.75) is 66.0 Å². The maximum absolute atomic E-state index is 12.2. The Bertz CT molecular complexity index is 270. The lowest BCUT2D eigenvalue weighted by molar-refractivity contribution is -0.128. The predicted octanol–water partition coefficient (Wildman–Crippen LogP) is 2.30. The Morgan fingerprint density at radius 3 is 2.47 bits per heavy atom. The van der Waals surface area contributed by atoms with Crippen molar-refractivity contribution in [3.05, 3.63) is 0 Å². The topological polar surface area (TPSA) is 55.1 Å². The first-order valence-corrected chi connectivity index (χ1v) is 6.79. The average molecular weight is 240 g/mol. The first kappa shape index (κ1) is 14.5.